The predicted molar refractivity (Wildman–Crippen MR) is 149 cm³/mol. The minimum Gasteiger partial charge on any atom is -0.497 e. The number of amidine groups is 1. The molecule has 39 heavy (non-hydrogen) atoms. The number of hydrogen-bond donors (Lipinski definition) is 1. The maximum absolute atomic E-state index is 13.3. The zero-order chi connectivity index (χ0) is 27.8. The maximum atomic E-state index is 13.3. The molecule has 1 aliphatic heterocycles. The lowest BCUT2D eigenvalue weighted by Gasteiger charge is -2.32. The number of carbonyl (C=O) groups is 3. The van der Waals surface area contributed by atoms with Crippen LogP contribution in [-0.2, 0) is 20.7 Å². The standard InChI is InChI=1S/C29H28FN3O5S/c1-3-38-28(36)20-6-10-23(11-7-20)32-29-33(17-16-19-4-8-21(30)9-5-19)26(34)18-25(39-29)27(35)31-22-12-14-24(37-2)15-13-22/h4-15,25H,3,16-18H2,1-2H3,(H,31,35). The lowest BCUT2D eigenvalue weighted by atomic mass is 10.1. The fraction of sp³-hybridized carbons (Fsp3) is 0.241. The molecule has 1 fully saturated rings. The summed E-state index contributed by atoms with van der Waals surface area (Å²) in [6, 6.07) is 19.5. The SMILES string of the molecule is CCOC(=O)c1ccc(N=C2SC(C(=O)Nc3ccc(OC)cc3)CC(=O)N2CCc2ccc(F)cc2)cc1. The van der Waals surface area contributed by atoms with Gasteiger partial charge in [-0.1, -0.05) is 23.9 Å². The van der Waals surface area contributed by atoms with E-state index < -0.39 is 11.2 Å². The summed E-state index contributed by atoms with van der Waals surface area (Å²) in [6.07, 6.45) is 0.479. The van der Waals surface area contributed by atoms with Gasteiger partial charge in [0, 0.05) is 18.7 Å². The molecular weight excluding hydrogens is 521 g/mol. The van der Waals surface area contributed by atoms with E-state index in [2.05, 4.69) is 10.3 Å². The molecule has 1 saturated heterocycles. The summed E-state index contributed by atoms with van der Waals surface area (Å²) in [7, 11) is 1.56. The number of hydrogen-bond acceptors (Lipinski definition) is 7. The topological polar surface area (TPSA) is 97.3 Å². The van der Waals surface area contributed by atoms with Crippen LogP contribution in [0.3, 0.4) is 0 Å². The van der Waals surface area contributed by atoms with Gasteiger partial charge in [0.05, 0.1) is 25.0 Å². The first-order valence-electron chi connectivity index (χ1n) is 12.4. The minimum atomic E-state index is -0.695. The number of anilines is 1. The van der Waals surface area contributed by atoms with Crippen molar-refractivity contribution < 1.29 is 28.2 Å². The van der Waals surface area contributed by atoms with E-state index in [1.54, 1.807) is 79.6 Å². The number of amides is 2. The molecule has 3 aromatic rings. The van der Waals surface area contributed by atoms with Crippen LogP contribution in [-0.4, -0.2) is 53.4 Å². The van der Waals surface area contributed by atoms with Crippen molar-refractivity contribution in [2.24, 2.45) is 4.99 Å². The molecule has 0 radical (unpaired) electrons. The van der Waals surface area contributed by atoms with Gasteiger partial charge in [-0.05, 0) is 79.6 Å². The Morgan fingerprint density at radius 1 is 1.05 bits per heavy atom. The second-order valence-corrected chi connectivity index (χ2v) is 9.78. The summed E-state index contributed by atoms with van der Waals surface area (Å²) in [4.78, 5) is 44.5. The van der Waals surface area contributed by atoms with Gasteiger partial charge in [-0.15, -0.1) is 0 Å². The quantitative estimate of drug-likeness (QED) is 0.368. The van der Waals surface area contributed by atoms with Crippen LogP contribution in [0.1, 0.15) is 29.3 Å². The molecule has 2 amide bonds. The fourth-order valence-electron chi connectivity index (χ4n) is 3.85. The summed E-state index contributed by atoms with van der Waals surface area (Å²) in [5.41, 5.74) is 2.35. The number of esters is 1. The van der Waals surface area contributed by atoms with E-state index in [4.69, 9.17) is 9.47 Å². The highest BCUT2D eigenvalue weighted by molar-refractivity contribution is 8.15. The number of halogens is 1. The van der Waals surface area contributed by atoms with Crippen LogP contribution in [0, 0.1) is 5.82 Å². The first-order chi connectivity index (χ1) is 18.9. The van der Waals surface area contributed by atoms with Crippen molar-refractivity contribution in [1.82, 2.24) is 4.90 Å². The monoisotopic (exact) mass is 549 g/mol. The highest BCUT2D eigenvalue weighted by atomic mass is 32.2. The Morgan fingerprint density at radius 3 is 2.38 bits per heavy atom. The van der Waals surface area contributed by atoms with Gasteiger partial charge in [0.15, 0.2) is 5.17 Å². The second-order valence-electron chi connectivity index (χ2n) is 8.61. The number of nitrogens with zero attached hydrogens (tertiary/aromatic N) is 2. The molecule has 1 aliphatic rings. The highest BCUT2D eigenvalue weighted by Gasteiger charge is 2.35. The average molecular weight is 550 g/mol. The van der Waals surface area contributed by atoms with Crippen LogP contribution in [0.15, 0.2) is 77.8 Å². The number of methoxy groups -OCH3 is 1. The zero-order valence-electron chi connectivity index (χ0n) is 21.6. The van der Waals surface area contributed by atoms with Crippen molar-refractivity contribution in [3.05, 3.63) is 89.7 Å². The number of benzene rings is 3. The molecule has 0 spiro atoms. The number of nitrogens with one attached hydrogen (secondary N) is 1. The van der Waals surface area contributed by atoms with Gasteiger partial charge in [-0.2, -0.15) is 0 Å². The van der Waals surface area contributed by atoms with Crippen molar-refractivity contribution in [2.45, 2.75) is 25.0 Å². The van der Waals surface area contributed by atoms with Crippen LogP contribution in [0.5, 0.6) is 5.75 Å². The van der Waals surface area contributed by atoms with Crippen LogP contribution in [0.2, 0.25) is 0 Å². The summed E-state index contributed by atoms with van der Waals surface area (Å²) in [5, 5.41) is 2.52. The summed E-state index contributed by atoms with van der Waals surface area (Å²) >= 11 is 1.20. The molecule has 0 bridgehead atoms. The predicted octanol–water partition coefficient (Wildman–Crippen LogP) is 5.21. The molecule has 1 N–H and O–H groups in total. The van der Waals surface area contributed by atoms with Gasteiger partial charge in [-0.25, -0.2) is 14.2 Å². The molecule has 8 nitrogen and oxygen atoms in total. The molecule has 0 saturated carbocycles. The highest BCUT2D eigenvalue weighted by Crippen LogP contribution is 2.30. The van der Waals surface area contributed by atoms with Gasteiger partial charge in [-0.3, -0.25) is 14.5 Å². The number of thioether (sulfide) groups is 1. The zero-order valence-corrected chi connectivity index (χ0v) is 22.4. The van der Waals surface area contributed by atoms with Gasteiger partial charge in [0.1, 0.15) is 16.8 Å². The fourth-order valence-corrected chi connectivity index (χ4v) is 4.97. The molecule has 202 valence electrons. The third kappa shape index (κ3) is 7.44. The largest absolute Gasteiger partial charge is 0.497 e. The second kappa shape index (κ2) is 13.1. The van der Waals surface area contributed by atoms with E-state index in [-0.39, 0.29) is 30.7 Å². The number of carbonyl (C=O) groups excluding carboxylic acids is 3. The molecule has 1 unspecified atom stereocenters. The van der Waals surface area contributed by atoms with E-state index in [9.17, 15) is 18.8 Å². The van der Waals surface area contributed by atoms with Gasteiger partial charge >= 0.3 is 5.97 Å². The van der Waals surface area contributed by atoms with E-state index in [1.165, 1.54) is 23.9 Å². The maximum Gasteiger partial charge on any atom is 0.338 e. The van der Waals surface area contributed by atoms with Crippen molar-refractivity contribution >= 4 is 46.1 Å². The Hall–Kier alpha value is -4.18. The Morgan fingerprint density at radius 2 is 1.74 bits per heavy atom. The lowest BCUT2D eigenvalue weighted by molar-refractivity contribution is -0.129. The third-order valence-corrected chi connectivity index (χ3v) is 7.12. The Balaban J connectivity index is 1.55. The minimum absolute atomic E-state index is 0.00309. The Labute approximate surface area is 230 Å². The van der Waals surface area contributed by atoms with E-state index in [0.29, 0.717) is 40.8 Å². The number of rotatable bonds is 9. The lowest BCUT2D eigenvalue weighted by Crippen LogP contribution is -2.46. The molecule has 10 heteroatoms. The molecule has 1 atom stereocenters. The number of aliphatic imine (C=N–C) groups is 1. The molecule has 4 rings (SSSR count). The van der Waals surface area contributed by atoms with Crippen molar-refractivity contribution in [3.63, 3.8) is 0 Å². The summed E-state index contributed by atoms with van der Waals surface area (Å²) in [5.74, 6) is -0.664. The summed E-state index contributed by atoms with van der Waals surface area (Å²) in [6.45, 7) is 2.31. The van der Waals surface area contributed by atoms with Crippen LogP contribution >= 0.6 is 11.8 Å². The molecule has 0 aromatic heterocycles. The third-order valence-electron chi connectivity index (χ3n) is 5.93. The first-order valence-corrected chi connectivity index (χ1v) is 13.3. The Kier molecular flexibility index (Phi) is 9.32. The van der Waals surface area contributed by atoms with E-state index in [0.717, 1.165) is 5.56 Å². The molecular formula is C29H28FN3O5S. The first kappa shape index (κ1) is 27.8. The van der Waals surface area contributed by atoms with Crippen LogP contribution in [0.4, 0.5) is 15.8 Å². The molecule has 0 aliphatic carbocycles. The van der Waals surface area contributed by atoms with Gasteiger partial charge in [0.2, 0.25) is 11.8 Å². The Bertz CT molecular complexity index is 1340. The normalized spacial score (nSPS) is 16.2. The van der Waals surface area contributed by atoms with Crippen molar-refractivity contribution in [3.8, 4) is 5.75 Å². The summed E-state index contributed by atoms with van der Waals surface area (Å²) < 4.78 is 23.5. The van der Waals surface area contributed by atoms with E-state index >= 15 is 0 Å². The van der Waals surface area contributed by atoms with Crippen LogP contribution in [0.25, 0.3) is 0 Å². The number of ether oxygens (including phenoxy) is 2. The van der Waals surface area contributed by atoms with Crippen LogP contribution < -0.4 is 10.1 Å². The van der Waals surface area contributed by atoms with Gasteiger partial charge < -0.3 is 14.8 Å². The molecule has 1 heterocycles. The smallest absolute Gasteiger partial charge is 0.338 e. The molecule has 3 aromatic carbocycles. The average Bonchev–Trinajstić information content (AvgIpc) is 2.94. The van der Waals surface area contributed by atoms with Crippen molar-refractivity contribution in [1.29, 1.82) is 0 Å². The van der Waals surface area contributed by atoms with Crippen molar-refractivity contribution in [2.75, 3.05) is 25.6 Å². The van der Waals surface area contributed by atoms with E-state index in [1.807, 2.05) is 0 Å². The van der Waals surface area contributed by atoms with Gasteiger partial charge in [0.25, 0.3) is 0 Å².